The average molecular weight is 450 g/mol. The normalized spacial score (nSPS) is 12.3. The highest BCUT2D eigenvalue weighted by Gasteiger charge is 2.30. The summed E-state index contributed by atoms with van der Waals surface area (Å²) in [6, 6.07) is 12.9. The van der Waals surface area contributed by atoms with E-state index in [1.807, 2.05) is 0 Å². The van der Waals surface area contributed by atoms with Crippen LogP contribution >= 0.6 is 0 Å². The first-order chi connectivity index (χ1) is 14.1. The minimum atomic E-state index is -4.55. The lowest BCUT2D eigenvalue weighted by molar-refractivity contribution is 0.581. The van der Waals surface area contributed by atoms with Crippen molar-refractivity contribution < 1.29 is 25.6 Å². The highest BCUT2D eigenvalue weighted by molar-refractivity contribution is 7.91. The first kappa shape index (κ1) is 20.0. The van der Waals surface area contributed by atoms with Gasteiger partial charge < -0.3 is 0 Å². The fraction of sp³-hybridized carbons (Fsp3) is 0. The Morgan fingerprint density at radius 2 is 0.900 bits per heavy atom. The molecule has 4 aromatic rings. The zero-order chi connectivity index (χ0) is 21.7. The number of hydrogen-bond donors (Lipinski definition) is 0. The number of rotatable bonds is 4. The zero-order valence-corrected chi connectivity index (χ0v) is 16.6. The Morgan fingerprint density at radius 1 is 0.567 bits per heavy atom. The minimum Gasteiger partial charge on any atom is -0.245 e. The van der Waals surface area contributed by atoms with E-state index in [-0.39, 0.29) is 11.0 Å². The van der Waals surface area contributed by atoms with Gasteiger partial charge in [0.05, 0.1) is 20.8 Å². The van der Waals surface area contributed by atoms with Crippen LogP contribution in [0.5, 0.6) is 0 Å². The van der Waals surface area contributed by atoms with Gasteiger partial charge in [-0.3, -0.25) is 0 Å². The number of benzene rings is 3. The van der Waals surface area contributed by atoms with Gasteiger partial charge in [0, 0.05) is 0 Å². The Labute approximate surface area is 169 Å². The third-order valence-electron chi connectivity index (χ3n) is 4.37. The van der Waals surface area contributed by atoms with Crippen LogP contribution in [0.3, 0.4) is 0 Å². The molecular weight excluding hydrogens is 438 g/mol. The highest BCUT2D eigenvalue weighted by atomic mass is 32.2. The second kappa shape index (κ2) is 6.89. The van der Waals surface area contributed by atoms with Crippen LogP contribution in [0.15, 0.2) is 87.4 Å². The number of imidazole rings is 1. The van der Waals surface area contributed by atoms with Crippen LogP contribution in [-0.4, -0.2) is 24.8 Å². The van der Waals surface area contributed by atoms with E-state index in [1.165, 1.54) is 24.3 Å². The summed E-state index contributed by atoms with van der Waals surface area (Å²) in [7, 11) is -9.10. The monoisotopic (exact) mass is 450 g/mol. The van der Waals surface area contributed by atoms with Crippen molar-refractivity contribution in [2.75, 3.05) is 0 Å². The lowest BCUT2D eigenvalue weighted by Gasteiger charge is -2.06. The fourth-order valence-corrected chi connectivity index (χ4v) is 5.82. The molecule has 0 aliphatic carbocycles. The Balaban J connectivity index is 2.06. The second-order valence-corrected chi connectivity index (χ2v) is 9.79. The third kappa shape index (κ3) is 3.02. The van der Waals surface area contributed by atoms with Crippen molar-refractivity contribution in [2.45, 2.75) is 9.79 Å². The molecule has 1 heterocycles. The highest BCUT2D eigenvalue weighted by Crippen LogP contribution is 2.23. The van der Waals surface area contributed by atoms with Gasteiger partial charge >= 0.3 is 5.69 Å². The van der Waals surface area contributed by atoms with Gasteiger partial charge in [-0.2, -0.15) is 7.94 Å². The maximum atomic E-state index is 13.2. The average Bonchev–Trinajstić information content (AvgIpc) is 3.01. The molecule has 0 fully saturated rings. The molecule has 0 amide bonds. The second-order valence-electron chi connectivity index (χ2n) is 6.22. The predicted octanol–water partition coefficient (Wildman–Crippen LogP) is 2.56. The van der Waals surface area contributed by atoms with E-state index in [0.717, 1.165) is 48.5 Å². The Morgan fingerprint density at radius 3 is 1.23 bits per heavy atom. The quantitative estimate of drug-likeness (QED) is 0.476. The van der Waals surface area contributed by atoms with Gasteiger partial charge in [0.2, 0.25) is 0 Å². The van der Waals surface area contributed by atoms with E-state index in [1.54, 1.807) is 0 Å². The standard InChI is InChI=1S/C19H12F2N2O5S2/c20-13-5-9-15(10-6-13)29(25,26)22-17-3-1-2-4-18(17)23(19(22)24)30(27,28)16-11-7-14(21)8-12-16/h1-12H. The molecule has 0 saturated heterocycles. The van der Waals surface area contributed by atoms with E-state index in [2.05, 4.69) is 0 Å². The zero-order valence-electron chi connectivity index (χ0n) is 14.9. The molecule has 0 unspecified atom stereocenters. The molecule has 0 bridgehead atoms. The third-order valence-corrected chi connectivity index (χ3v) is 7.77. The Bertz CT molecular complexity index is 1420. The van der Waals surface area contributed by atoms with E-state index < -0.39 is 47.2 Å². The smallest absolute Gasteiger partial charge is 0.245 e. The SMILES string of the molecule is O=c1n(S(=O)(=O)c2ccc(F)cc2)c2ccccc2n1S(=O)(=O)c1ccc(F)cc1. The lowest BCUT2D eigenvalue weighted by atomic mass is 10.3. The molecular formula is C19H12F2N2O5S2. The van der Waals surface area contributed by atoms with Gasteiger partial charge in [-0.1, -0.05) is 12.1 Å². The molecule has 30 heavy (non-hydrogen) atoms. The maximum absolute atomic E-state index is 13.2. The van der Waals surface area contributed by atoms with Crippen LogP contribution < -0.4 is 5.69 Å². The predicted molar refractivity (Wildman–Crippen MR) is 104 cm³/mol. The van der Waals surface area contributed by atoms with Crippen LogP contribution in [-0.2, 0) is 20.0 Å². The molecule has 7 nitrogen and oxygen atoms in total. The number of fused-ring (bicyclic) bond motifs is 1. The summed E-state index contributed by atoms with van der Waals surface area (Å²) in [4.78, 5) is 12.3. The van der Waals surface area contributed by atoms with Gasteiger partial charge in [-0.05, 0) is 60.7 Å². The van der Waals surface area contributed by atoms with Gasteiger partial charge in [0.15, 0.2) is 0 Å². The molecule has 0 spiro atoms. The van der Waals surface area contributed by atoms with E-state index in [9.17, 15) is 30.4 Å². The van der Waals surface area contributed by atoms with E-state index >= 15 is 0 Å². The maximum Gasteiger partial charge on any atom is 0.357 e. The van der Waals surface area contributed by atoms with E-state index in [4.69, 9.17) is 0 Å². The van der Waals surface area contributed by atoms with Crippen molar-refractivity contribution in [1.82, 2.24) is 7.94 Å². The van der Waals surface area contributed by atoms with Crippen LogP contribution in [0.25, 0.3) is 11.0 Å². The number of aromatic nitrogens is 2. The van der Waals surface area contributed by atoms with Crippen molar-refractivity contribution in [3.63, 3.8) is 0 Å². The molecule has 3 aromatic carbocycles. The van der Waals surface area contributed by atoms with Crippen molar-refractivity contribution >= 4 is 31.1 Å². The molecule has 0 atom stereocenters. The molecule has 11 heteroatoms. The largest absolute Gasteiger partial charge is 0.357 e. The molecule has 0 aliphatic rings. The topological polar surface area (TPSA) is 95.2 Å². The Hall–Kier alpha value is -3.31. The fourth-order valence-electron chi connectivity index (χ4n) is 2.98. The summed E-state index contributed by atoms with van der Waals surface area (Å²) in [5.41, 5.74) is -1.72. The number of halogens is 2. The summed E-state index contributed by atoms with van der Waals surface area (Å²) < 4.78 is 79.4. The summed E-state index contributed by atoms with van der Waals surface area (Å²) in [6.07, 6.45) is 0. The first-order valence-electron chi connectivity index (χ1n) is 8.39. The van der Waals surface area contributed by atoms with Crippen LogP contribution in [0.2, 0.25) is 0 Å². The van der Waals surface area contributed by atoms with Gasteiger partial charge in [-0.15, -0.1) is 0 Å². The number of para-hydroxylation sites is 2. The van der Waals surface area contributed by atoms with Crippen molar-refractivity contribution in [2.24, 2.45) is 0 Å². The molecule has 0 N–H and O–H groups in total. The Kier molecular flexibility index (Phi) is 4.59. The summed E-state index contributed by atoms with van der Waals surface area (Å²) >= 11 is 0. The summed E-state index contributed by atoms with van der Waals surface area (Å²) in [5, 5.41) is 0. The lowest BCUT2D eigenvalue weighted by Crippen LogP contribution is -2.33. The van der Waals surface area contributed by atoms with Gasteiger partial charge in [0.25, 0.3) is 20.0 Å². The summed E-state index contributed by atoms with van der Waals surface area (Å²) in [5.74, 6) is -1.36. The molecule has 154 valence electrons. The minimum absolute atomic E-state index is 0.183. The molecule has 4 rings (SSSR count). The molecule has 1 aromatic heterocycles. The first-order valence-corrected chi connectivity index (χ1v) is 11.3. The van der Waals surface area contributed by atoms with Crippen LogP contribution in [0.1, 0.15) is 0 Å². The van der Waals surface area contributed by atoms with Crippen LogP contribution in [0.4, 0.5) is 8.78 Å². The summed E-state index contributed by atoms with van der Waals surface area (Å²) in [6.45, 7) is 0. The number of hydrogen-bond acceptors (Lipinski definition) is 5. The van der Waals surface area contributed by atoms with Crippen molar-refractivity contribution in [3.8, 4) is 0 Å². The van der Waals surface area contributed by atoms with Gasteiger partial charge in [0.1, 0.15) is 11.6 Å². The molecule has 0 aliphatic heterocycles. The van der Waals surface area contributed by atoms with Crippen LogP contribution in [0, 0.1) is 11.6 Å². The van der Waals surface area contributed by atoms with Crippen molar-refractivity contribution in [1.29, 1.82) is 0 Å². The van der Waals surface area contributed by atoms with Crippen molar-refractivity contribution in [3.05, 3.63) is 94.9 Å². The van der Waals surface area contributed by atoms with Gasteiger partial charge in [-0.25, -0.2) is 30.4 Å². The molecule has 0 radical (unpaired) electrons. The number of nitrogens with zero attached hydrogens (tertiary/aromatic N) is 2. The molecule has 0 saturated carbocycles. The van der Waals surface area contributed by atoms with E-state index in [0.29, 0.717) is 7.94 Å².